The van der Waals surface area contributed by atoms with Crippen LogP contribution in [-0.2, 0) is 4.74 Å². The van der Waals surface area contributed by atoms with Crippen molar-refractivity contribution in [2.75, 3.05) is 13.1 Å². The monoisotopic (exact) mass is 227 g/mol. The van der Waals surface area contributed by atoms with Gasteiger partial charge in [0.2, 0.25) is 0 Å². The van der Waals surface area contributed by atoms with Crippen molar-refractivity contribution in [3.63, 3.8) is 0 Å². The SMILES string of the molecule is C/C=C(\C)[C@@H](O)OC(C)(C)C1CCNCC1. The van der Waals surface area contributed by atoms with Crippen molar-refractivity contribution in [2.45, 2.75) is 52.4 Å². The summed E-state index contributed by atoms with van der Waals surface area (Å²) in [5.41, 5.74) is 0.619. The Kier molecular flexibility index (Phi) is 4.96. The molecule has 3 nitrogen and oxygen atoms in total. The second-order valence-electron chi connectivity index (χ2n) is 5.13. The van der Waals surface area contributed by atoms with Gasteiger partial charge >= 0.3 is 0 Å². The van der Waals surface area contributed by atoms with Crippen molar-refractivity contribution in [1.29, 1.82) is 0 Å². The topological polar surface area (TPSA) is 41.5 Å². The van der Waals surface area contributed by atoms with Gasteiger partial charge in [-0.15, -0.1) is 0 Å². The normalized spacial score (nSPS) is 22.2. The van der Waals surface area contributed by atoms with Crippen LogP contribution < -0.4 is 5.32 Å². The Bertz CT molecular complexity index is 242. The van der Waals surface area contributed by atoms with Crippen LogP contribution in [0.2, 0.25) is 0 Å². The van der Waals surface area contributed by atoms with E-state index in [9.17, 15) is 5.11 Å². The molecule has 0 unspecified atom stereocenters. The molecule has 16 heavy (non-hydrogen) atoms. The molecule has 3 heteroatoms. The van der Waals surface area contributed by atoms with Gasteiger partial charge in [-0.25, -0.2) is 0 Å². The number of nitrogens with one attached hydrogen (secondary N) is 1. The standard InChI is InChI=1S/C13H25NO2/c1-5-10(2)12(15)16-13(3,4)11-6-8-14-9-7-11/h5,11-12,14-15H,6-9H2,1-4H3/b10-5+/t12-/m0/s1. The van der Waals surface area contributed by atoms with E-state index in [1.807, 2.05) is 19.9 Å². The van der Waals surface area contributed by atoms with Crippen LogP contribution in [0.3, 0.4) is 0 Å². The molecule has 0 bridgehead atoms. The smallest absolute Gasteiger partial charge is 0.177 e. The van der Waals surface area contributed by atoms with Crippen molar-refractivity contribution in [3.05, 3.63) is 11.6 Å². The van der Waals surface area contributed by atoms with Crippen molar-refractivity contribution in [3.8, 4) is 0 Å². The summed E-state index contributed by atoms with van der Waals surface area (Å²) in [4.78, 5) is 0. The van der Waals surface area contributed by atoms with Gasteiger partial charge in [0, 0.05) is 0 Å². The first-order chi connectivity index (χ1) is 7.47. The maximum absolute atomic E-state index is 9.88. The van der Waals surface area contributed by atoms with Gasteiger partial charge in [0.15, 0.2) is 6.29 Å². The third-order valence-corrected chi connectivity index (χ3v) is 3.58. The lowest BCUT2D eigenvalue weighted by Gasteiger charge is -2.38. The van der Waals surface area contributed by atoms with E-state index in [0.717, 1.165) is 31.5 Å². The number of aliphatic hydroxyl groups is 1. The molecule has 1 heterocycles. The second-order valence-corrected chi connectivity index (χ2v) is 5.13. The predicted molar refractivity (Wildman–Crippen MR) is 66.2 cm³/mol. The zero-order valence-corrected chi connectivity index (χ0v) is 10.9. The highest BCUT2D eigenvalue weighted by molar-refractivity contribution is 5.00. The van der Waals surface area contributed by atoms with Gasteiger partial charge < -0.3 is 15.2 Å². The van der Waals surface area contributed by atoms with Crippen molar-refractivity contribution < 1.29 is 9.84 Å². The van der Waals surface area contributed by atoms with Gasteiger partial charge in [-0.3, -0.25) is 0 Å². The number of rotatable bonds is 4. The lowest BCUT2D eigenvalue weighted by atomic mass is 9.83. The summed E-state index contributed by atoms with van der Waals surface area (Å²) in [5.74, 6) is 0.521. The molecule has 1 saturated heterocycles. The first kappa shape index (κ1) is 13.7. The van der Waals surface area contributed by atoms with Crippen molar-refractivity contribution in [1.82, 2.24) is 5.32 Å². The Labute approximate surface area is 98.9 Å². The molecule has 0 amide bonds. The summed E-state index contributed by atoms with van der Waals surface area (Å²) in [7, 11) is 0. The third kappa shape index (κ3) is 3.58. The summed E-state index contributed by atoms with van der Waals surface area (Å²) >= 11 is 0. The fraction of sp³-hybridized carbons (Fsp3) is 0.846. The maximum Gasteiger partial charge on any atom is 0.177 e. The molecule has 1 atom stereocenters. The van der Waals surface area contributed by atoms with Gasteiger partial charge in [-0.2, -0.15) is 0 Å². The summed E-state index contributed by atoms with van der Waals surface area (Å²) in [6, 6.07) is 0. The fourth-order valence-electron chi connectivity index (χ4n) is 2.14. The van der Waals surface area contributed by atoms with Crippen LogP contribution in [0, 0.1) is 5.92 Å². The second kappa shape index (κ2) is 5.80. The highest BCUT2D eigenvalue weighted by atomic mass is 16.6. The largest absolute Gasteiger partial charge is 0.364 e. The van der Waals surface area contributed by atoms with Crippen LogP contribution >= 0.6 is 0 Å². The van der Waals surface area contributed by atoms with Gasteiger partial charge in [0.05, 0.1) is 5.60 Å². The summed E-state index contributed by atoms with van der Waals surface area (Å²) in [5, 5.41) is 13.2. The van der Waals surface area contributed by atoms with Crippen LogP contribution in [0.25, 0.3) is 0 Å². The lowest BCUT2D eigenvalue weighted by Crippen LogP contribution is -2.43. The molecular formula is C13H25NO2. The molecule has 0 saturated carbocycles. The fourth-order valence-corrected chi connectivity index (χ4v) is 2.14. The average Bonchev–Trinajstić information content (AvgIpc) is 2.28. The lowest BCUT2D eigenvalue weighted by molar-refractivity contribution is -0.176. The number of aliphatic hydroxyl groups excluding tert-OH is 1. The molecule has 0 spiro atoms. The molecule has 1 fully saturated rings. The van der Waals surface area contributed by atoms with E-state index < -0.39 is 6.29 Å². The maximum atomic E-state index is 9.88. The van der Waals surface area contributed by atoms with Crippen LogP contribution in [-0.4, -0.2) is 30.1 Å². The average molecular weight is 227 g/mol. The molecule has 0 radical (unpaired) electrons. The zero-order valence-electron chi connectivity index (χ0n) is 10.9. The van der Waals surface area contributed by atoms with E-state index in [-0.39, 0.29) is 5.60 Å². The number of ether oxygens (including phenoxy) is 1. The van der Waals surface area contributed by atoms with Crippen LogP contribution in [0.4, 0.5) is 0 Å². The Morgan fingerprint density at radius 1 is 1.44 bits per heavy atom. The van der Waals surface area contributed by atoms with Crippen molar-refractivity contribution >= 4 is 0 Å². The van der Waals surface area contributed by atoms with E-state index in [0.29, 0.717) is 5.92 Å². The number of piperidine rings is 1. The van der Waals surface area contributed by atoms with Crippen molar-refractivity contribution in [2.24, 2.45) is 5.92 Å². The Balaban J connectivity index is 2.55. The molecule has 94 valence electrons. The van der Waals surface area contributed by atoms with Gasteiger partial charge in [-0.1, -0.05) is 6.08 Å². The van der Waals surface area contributed by atoms with Gasteiger partial charge in [-0.05, 0) is 65.1 Å². The molecule has 0 aromatic rings. The minimum Gasteiger partial charge on any atom is -0.364 e. The molecule has 0 aromatic carbocycles. The molecule has 0 aliphatic carbocycles. The number of hydrogen-bond acceptors (Lipinski definition) is 3. The first-order valence-corrected chi connectivity index (χ1v) is 6.17. The predicted octanol–water partition coefficient (Wildman–Crippen LogP) is 2.07. The molecule has 0 aromatic heterocycles. The highest BCUT2D eigenvalue weighted by Gasteiger charge is 2.33. The van der Waals surface area contributed by atoms with Gasteiger partial charge in [0.1, 0.15) is 0 Å². The minimum absolute atomic E-state index is 0.258. The first-order valence-electron chi connectivity index (χ1n) is 6.17. The Morgan fingerprint density at radius 2 is 2.00 bits per heavy atom. The summed E-state index contributed by atoms with van der Waals surface area (Å²) < 4.78 is 5.79. The summed E-state index contributed by atoms with van der Waals surface area (Å²) in [6.45, 7) is 10.1. The molecule has 2 N–H and O–H groups in total. The number of hydrogen-bond donors (Lipinski definition) is 2. The highest BCUT2D eigenvalue weighted by Crippen LogP contribution is 2.30. The van der Waals surface area contributed by atoms with E-state index in [1.54, 1.807) is 0 Å². The van der Waals surface area contributed by atoms with Crippen LogP contribution in [0.1, 0.15) is 40.5 Å². The summed E-state index contributed by atoms with van der Waals surface area (Å²) in [6.07, 6.45) is 3.36. The zero-order chi connectivity index (χ0) is 12.2. The molecule has 1 rings (SSSR count). The minimum atomic E-state index is -0.769. The third-order valence-electron chi connectivity index (χ3n) is 3.58. The molecular weight excluding hydrogens is 202 g/mol. The van der Waals surface area contributed by atoms with Crippen LogP contribution in [0.15, 0.2) is 11.6 Å². The Hall–Kier alpha value is -0.380. The van der Waals surface area contributed by atoms with Crippen LogP contribution in [0.5, 0.6) is 0 Å². The van der Waals surface area contributed by atoms with E-state index >= 15 is 0 Å². The van der Waals surface area contributed by atoms with E-state index in [4.69, 9.17) is 4.74 Å². The number of allylic oxidation sites excluding steroid dienone is 1. The van der Waals surface area contributed by atoms with E-state index in [2.05, 4.69) is 19.2 Å². The quantitative estimate of drug-likeness (QED) is 0.570. The van der Waals surface area contributed by atoms with E-state index in [1.165, 1.54) is 0 Å². The van der Waals surface area contributed by atoms with Gasteiger partial charge in [0.25, 0.3) is 0 Å². The molecule has 1 aliphatic rings. The Morgan fingerprint density at radius 3 is 2.50 bits per heavy atom. The molecule has 1 aliphatic heterocycles.